The van der Waals surface area contributed by atoms with Crippen molar-refractivity contribution in [3.05, 3.63) is 42.0 Å². The van der Waals surface area contributed by atoms with E-state index >= 15 is 0 Å². The number of hydrogen-bond donors (Lipinski definition) is 0. The molecule has 1 fully saturated rings. The molecule has 20 heavy (non-hydrogen) atoms. The molecule has 1 saturated heterocycles. The molecule has 104 valence electrons. The van der Waals surface area contributed by atoms with Gasteiger partial charge in [0.2, 0.25) is 5.89 Å². The molecule has 6 heteroatoms. The average Bonchev–Trinajstić information content (AvgIpc) is 2.95. The van der Waals surface area contributed by atoms with Crippen molar-refractivity contribution in [2.24, 2.45) is 0 Å². The minimum absolute atomic E-state index is 0.113. The third-order valence-electron chi connectivity index (χ3n) is 3.06. The molecule has 0 radical (unpaired) electrons. The Morgan fingerprint density at radius 3 is 2.95 bits per heavy atom. The van der Waals surface area contributed by atoms with Crippen molar-refractivity contribution in [2.75, 3.05) is 13.2 Å². The van der Waals surface area contributed by atoms with Crippen LogP contribution < -0.4 is 0 Å². The lowest BCUT2D eigenvalue weighted by molar-refractivity contribution is -0.127. The fraction of sp³-hybridized carbons (Fsp3) is 0.357. The summed E-state index contributed by atoms with van der Waals surface area (Å²) in [7, 11) is 0. The maximum Gasteiger partial charge on any atom is 0.239 e. The highest BCUT2D eigenvalue weighted by atomic mass is 32.2. The Labute approximate surface area is 120 Å². The fourth-order valence-corrected chi connectivity index (χ4v) is 2.74. The summed E-state index contributed by atoms with van der Waals surface area (Å²) >= 11 is 1.63. The molecule has 0 N–H and O–H groups in total. The second kappa shape index (κ2) is 6.19. The van der Waals surface area contributed by atoms with E-state index in [0.29, 0.717) is 37.1 Å². The minimum atomic E-state index is -0.397. The van der Waals surface area contributed by atoms with Crippen molar-refractivity contribution in [2.45, 2.75) is 23.0 Å². The Kier molecular flexibility index (Phi) is 4.13. The van der Waals surface area contributed by atoms with Crippen molar-refractivity contribution in [3.8, 4) is 0 Å². The van der Waals surface area contributed by atoms with Crippen LogP contribution >= 0.6 is 11.8 Å². The highest BCUT2D eigenvalue weighted by molar-refractivity contribution is 7.98. The zero-order valence-corrected chi connectivity index (χ0v) is 11.6. The molecule has 2 heterocycles. The Bertz CT molecular complexity index is 585. The van der Waals surface area contributed by atoms with Gasteiger partial charge in [0.25, 0.3) is 0 Å². The smallest absolute Gasteiger partial charge is 0.239 e. The number of carbonyl (C=O) groups excluding carboxylic acids is 1. The highest BCUT2D eigenvalue weighted by Crippen LogP contribution is 2.24. The van der Waals surface area contributed by atoms with Crippen molar-refractivity contribution in [1.82, 2.24) is 10.1 Å². The summed E-state index contributed by atoms with van der Waals surface area (Å²) in [5, 5.41) is 3.93. The van der Waals surface area contributed by atoms with Gasteiger partial charge in [0, 0.05) is 11.3 Å². The van der Waals surface area contributed by atoms with Crippen LogP contribution in [0.2, 0.25) is 0 Å². The quantitative estimate of drug-likeness (QED) is 0.806. The molecule has 1 atom stereocenters. The van der Waals surface area contributed by atoms with E-state index in [9.17, 15) is 4.79 Å². The molecule has 3 rings (SSSR count). The van der Waals surface area contributed by atoms with Gasteiger partial charge >= 0.3 is 0 Å². The Morgan fingerprint density at radius 2 is 2.15 bits per heavy atom. The van der Waals surface area contributed by atoms with Gasteiger partial charge in [-0.05, 0) is 12.1 Å². The number of aromatic nitrogens is 2. The molecule has 0 saturated carbocycles. The molecule has 0 aliphatic carbocycles. The first-order chi connectivity index (χ1) is 9.83. The lowest BCUT2D eigenvalue weighted by Crippen LogP contribution is -2.25. The summed E-state index contributed by atoms with van der Waals surface area (Å²) in [4.78, 5) is 17.2. The summed E-state index contributed by atoms with van der Waals surface area (Å²) in [5.41, 5.74) is 0. The Hall–Kier alpha value is -1.66. The van der Waals surface area contributed by atoms with Crippen molar-refractivity contribution in [3.63, 3.8) is 0 Å². The molecule has 0 amide bonds. The van der Waals surface area contributed by atoms with Crippen LogP contribution in [0, 0.1) is 0 Å². The number of ketones is 1. The van der Waals surface area contributed by atoms with Crippen molar-refractivity contribution in [1.29, 1.82) is 0 Å². The first-order valence-corrected chi connectivity index (χ1v) is 7.42. The third-order valence-corrected chi connectivity index (χ3v) is 4.07. The van der Waals surface area contributed by atoms with E-state index in [0.717, 1.165) is 4.90 Å². The lowest BCUT2D eigenvalue weighted by Gasteiger charge is -2.16. The largest absolute Gasteiger partial charge is 0.380 e. The topological polar surface area (TPSA) is 65.2 Å². The van der Waals surface area contributed by atoms with Gasteiger partial charge in [0.1, 0.15) is 11.7 Å². The summed E-state index contributed by atoms with van der Waals surface area (Å²) in [6.07, 6.45) is 0.418. The number of benzene rings is 1. The number of rotatable bonds is 4. The maximum atomic E-state index is 11.8. The zero-order chi connectivity index (χ0) is 13.8. The van der Waals surface area contributed by atoms with Crippen molar-refractivity contribution >= 4 is 17.5 Å². The molecule has 5 nitrogen and oxygen atoms in total. The predicted molar refractivity (Wildman–Crippen MR) is 73.5 cm³/mol. The van der Waals surface area contributed by atoms with E-state index in [4.69, 9.17) is 9.26 Å². The number of carbonyl (C=O) groups is 1. The molecule has 1 aliphatic heterocycles. The molecular weight excluding hydrogens is 276 g/mol. The van der Waals surface area contributed by atoms with Crippen LogP contribution in [-0.4, -0.2) is 29.1 Å². The number of Topliss-reactive ketones (excluding diaryl/α,β-unsaturated/α-hetero) is 1. The van der Waals surface area contributed by atoms with Crippen LogP contribution in [0.25, 0.3) is 0 Å². The first-order valence-electron chi connectivity index (χ1n) is 6.44. The van der Waals surface area contributed by atoms with Gasteiger partial charge in [-0.1, -0.05) is 23.4 Å². The van der Waals surface area contributed by atoms with E-state index in [1.54, 1.807) is 11.8 Å². The van der Waals surface area contributed by atoms with E-state index in [-0.39, 0.29) is 5.78 Å². The van der Waals surface area contributed by atoms with Gasteiger partial charge in [-0.25, -0.2) is 0 Å². The molecule has 1 unspecified atom stereocenters. The van der Waals surface area contributed by atoms with E-state index < -0.39 is 5.92 Å². The number of nitrogens with zero attached hydrogens (tertiary/aromatic N) is 2. The number of ether oxygens (including phenoxy) is 1. The zero-order valence-electron chi connectivity index (χ0n) is 10.8. The minimum Gasteiger partial charge on any atom is -0.380 e. The molecule has 0 spiro atoms. The van der Waals surface area contributed by atoms with Gasteiger partial charge in [-0.3, -0.25) is 4.79 Å². The van der Waals surface area contributed by atoms with Gasteiger partial charge < -0.3 is 9.26 Å². The molecule has 1 aromatic carbocycles. The van der Waals surface area contributed by atoms with Gasteiger partial charge in [0.05, 0.1) is 19.0 Å². The fourth-order valence-electron chi connectivity index (χ4n) is 1.98. The summed E-state index contributed by atoms with van der Waals surface area (Å²) < 4.78 is 10.5. The third kappa shape index (κ3) is 3.08. The SMILES string of the molecule is O=C1CCOCC1c1nc(CSc2ccccc2)no1. The Balaban J connectivity index is 1.63. The molecule has 2 aromatic rings. The molecule has 0 bridgehead atoms. The average molecular weight is 290 g/mol. The van der Waals surface area contributed by atoms with E-state index in [1.807, 2.05) is 30.3 Å². The van der Waals surface area contributed by atoms with Gasteiger partial charge in [-0.2, -0.15) is 4.98 Å². The van der Waals surface area contributed by atoms with Crippen LogP contribution in [0.3, 0.4) is 0 Å². The summed E-state index contributed by atoms with van der Waals surface area (Å²) in [6.45, 7) is 0.826. The van der Waals surface area contributed by atoms with Crippen LogP contribution in [0.4, 0.5) is 0 Å². The summed E-state index contributed by atoms with van der Waals surface area (Å²) in [6, 6.07) is 10.0. The van der Waals surface area contributed by atoms with Crippen LogP contribution in [-0.2, 0) is 15.3 Å². The first kappa shape index (κ1) is 13.3. The van der Waals surface area contributed by atoms with Crippen molar-refractivity contribution < 1.29 is 14.1 Å². The second-order valence-electron chi connectivity index (χ2n) is 4.49. The van der Waals surface area contributed by atoms with Gasteiger partial charge in [0.15, 0.2) is 5.82 Å². The normalized spacial score (nSPS) is 19.2. The molecule has 1 aromatic heterocycles. The van der Waals surface area contributed by atoms with E-state index in [1.165, 1.54) is 0 Å². The second-order valence-corrected chi connectivity index (χ2v) is 5.54. The van der Waals surface area contributed by atoms with Gasteiger partial charge in [-0.15, -0.1) is 11.8 Å². The van der Waals surface area contributed by atoms with Crippen LogP contribution in [0.1, 0.15) is 24.1 Å². The predicted octanol–water partition coefficient (Wildman–Crippen LogP) is 2.43. The highest BCUT2D eigenvalue weighted by Gasteiger charge is 2.29. The lowest BCUT2D eigenvalue weighted by atomic mass is 10.0. The van der Waals surface area contributed by atoms with Crippen LogP contribution in [0.5, 0.6) is 0 Å². The number of thioether (sulfide) groups is 1. The molecule has 1 aliphatic rings. The monoisotopic (exact) mass is 290 g/mol. The van der Waals surface area contributed by atoms with Crippen LogP contribution in [0.15, 0.2) is 39.8 Å². The van der Waals surface area contributed by atoms with E-state index in [2.05, 4.69) is 10.1 Å². The Morgan fingerprint density at radius 1 is 1.30 bits per heavy atom. The maximum absolute atomic E-state index is 11.8. The summed E-state index contributed by atoms with van der Waals surface area (Å²) in [5.74, 6) is 1.31. The molecular formula is C14H14N2O3S. The standard InChI is InChI=1S/C14H14N2O3S/c17-12-6-7-18-8-11(12)14-15-13(16-19-14)9-20-10-4-2-1-3-5-10/h1-5,11H,6-9H2. The number of hydrogen-bond acceptors (Lipinski definition) is 6.